The van der Waals surface area contributed by atoms with E-state index in [0.29, 0.717) is 18.7 Å². The lowest BCUT2D eigenvalue weighted by Gasteiger charge is -2.24. The second kappa shape index (κ2) is 5.07. The molecule has 3 N–H and O–H groups in total. The van der Waals surface area contributed by atoms with Gasteiger partial charge in [-0.1, -0.05) is 13.8 Å². The van der Waals surface area contributed by atoms with Gasteiger partial charge in [0.25, 0.3) is 0 Å². The maximum absolute atomic E-state index is 11.9. The zero-order valence-electron chi connectivity index (χ0n) is 10.1. The zero-order chi connectivity index (χ0) is 12.2. The molecule has 0 aliphatic heterocycles. The van der Waals surface area contributed by atoms with Crippen LogP contribution in [0.4, 0.5) is 5.82 Å². The van der Waals surface area contributed by atoms with E-state index in [1.54, 1.807) is 6.20 Å². The van der Waals surface area contributed by atoms with Crippen molar-refractivity contribution in [3.05, 3.63) is 23.9 Å². The minimum atomic E-state index is -0.800. The number of nitrogens with one attached hydrogen (secondary N) is 1. The summed E-state index contributed by atoms with van der Waals surface area (Å²) in [6.07, 6.45) is 2.89. The summed E-state index contributed by atoms with van der Waals surface area (Å²) in [5.74, 6) is 0.386. The minimum Gasteiger partial charge on any atom is -0.317 e. The number of nitrogens with two attached hydrogens (primary N) is 1. The van der Waals surface area contributed by atoms with E-state index in [9.17, 15) is 4.79 Å². The van der Waals surface area contributed by atoms with E-state index < -0.39 is 5.54 Å². The first kappa shape index (κ1) is 12.6. The molecule has 0 aliphatic carbocycles. The largest absolute Gasteiger partial charge is 0.317 e. The van der Waals surface area contributed by atoms with Crippen LogP contribution in [0.1, 0.15) is 32.3 Å². The number of nitrogens with zero attached hydrogens (tertiary/aromatic N) is 1. The summed E-state index contributed by atoms with van der Waals surface area (Å²) in [5.41, 5.74) is 6.24. The number of hydrogen-bond acceptors (Lipinski definition) is 3. The first-order valence-corrected chi connectivity index (χ1v) is 5.55. The maximum Gasteiger partial charge on any atom is 0.245 e. The molecule has 1 heterocycles. The molecule has 0 saturated heterocycles. The van der Waals surface area contributed by atoms with Crippen LogP contribution >= 0.6 is 0 Å². The lowest BCUT2D eigenvalue weighted by atomic mass is 9.93. The maximum atomic E-state index is 11.9. The molecule has 0 unspecified atom stereocenters. The van der Waals surface area contributed by atoms with Gasteiger partial charge < -0.3 is 11.1 Å². The average molecular weight is 221 g/mol. The Kier molecular flexibility index (Phi) is 4.01. The molecule has 0 saturated carbocycles. The first-order chi connectivity index (χ1) is 7.51. The Labute approximate surface area is 96.3 Å². The summed E-state index contributed by atoms with van der Waals surface area (Å²) >= 11 is 0. The molecule has 4 heteroatoms. The first-order valence-electron chi connectivity index (χ1n) is 5.55. The van der Waals surface area contributed by atoms with E-state index in [0.717, 1.165) is 5.56 Å². The molecule has 16 heavy (non-hydrogen) atoms. The van der Waals surface area contributed by atoms with Gasteiger partial charge in [-0.15, -0.1) is 0 Å². The highest BCUT2D eigenvalue weighted by atomic mass is 16.2. The topological polar surface area (TPSA) is 68.0 Å². The van der Waals surface area contributed by atoms with Crippen LogP contribution in [0.3, 0.4) is 0 Å². The van der Waals surface area contributed by atoms with Crippen LogP contribution in [0.2, 0.25) is 0 Å². The van der Waals surface area contributed by atoms with E-state index in [-0.39, 0.29) is 5.91 Å². The van der Waals surface area contributed by atoms with Crippen molar-refractivity contribution in [2.45, 2.75) is 39.2 Å². The van der Waals surface area contributed by atoms with Crippen molar-refractivity contribution >= 4 is 11.7 Å². The predicted octanol–water partition coefficient (Wildman–Crippen LogP) is 1.85. The molecule has 0 spiro atoms. The standard InChI is InChI=1S/C12H19N3O/c1-4-12(13,5-2)11(16)15-10-8-9(3)6-7-14-10/h6-8H,4-5,13H2,1-3H3,(H,14,15,16). The fourth-order valence-electron chi connectivity index (χ4n) is 1.42. The Hall–Kier alpha value is -1.42. The van der Waals surface area contributed by atoms with Gasteiger partial charge in [0.15, 0.2) is 0 Å². The Morgan fingerprint density at radius 1 is 1.50 bits per heavy atom. The molecule has 0 bridgehead atoms. The third kappa shape index (κ3) is 2.79. The van der Waals surface area contributed by atoms with Crippen LogP contribution in [-0.4, -0.2) is 16.4 Å². The third-order valence-corrected chi connectivity index (χ3v) is 2.87. The highest BCUT2D eigenvalue weighted by Crippen LogP contribution is 2.14. The number of anilines is 1. The highest BCUT2D eigenvalue weighted by Gasteiger charge is 2.29. The van der Waals surface area contributed by atoms with Crippen molar-refractivity contribution in [3.8, 4) is 0 Å². The van der Waals surface area contributed by atoms with Gasteiger partial charge in [-0.3, -0.25) is 4.79 Å². The third-order valence-electron chi connectivity index (χ3n) is 2.87. The number of aryl methyl sites for hydroxylation is 1. The van der Waals surface area contributed by atoms with Crippen LogP contribution < -0.4 is 11.1 Å². The Bertz CT molecular complexity index is 372. The molecule has 0 aromatic carbocycles. The van der Waals surface area contributed by atoms with E-state index in [1.165, 1.54) is 0 Å². The number of hydrogen-bond donors (Lipinski definition) is 2. The van der Waals surface area contributed by atoms with E-state index in [2.05, 4.69) is 10.3 Å². The highest BCUT2D eigenvalue weighted by molar-refractivity contribution is 5.97. The number of aromatic nitrogens is 1. The molecule has 0 radical (unpaired) electrons. The van der Waals surface area contributed by atoms with Crippen molar-refractivity contribution in [2.75, 3.05) is 5.32 Å². The Morgan fingerprint density at radius 3 is 2.62 bits per heavy atom. The van der Waals surface area contributed by atoms with Gasteiger partial charge >= 0.3 is 0 Å². The second-order valence-corrected chi connectivity index (χ2v) is 4.04. The molecule has 0 fully saturated rings. The van der Waals surface area contributed by atoms with E-state index >= 15 is 0 Å². The molecule has 1 amide bonds. The summed E-state index contributed by atoms with van der Waals surface area (Å²) < 4.78 is 0. The van der Waals surface area contributed by atoms with Crippen molar-refractivity contribution in [3.63, 3.8) is 0 Å². The molecule has 0 aliphatic rings. The van der Waals surface area contributed by atoms with Crippen LogP contribution in [0.25, 0.3) is 0 Å². The van der Waals surface area contributed by atoms with Gasteiger partial charge in [0.2, 0.25) is 5.91 Å². The number of amides is 1. The fourth-order valence-corrected chi connectivity index (χ4v) is 1.42. The number of carbonyl (C=O) groups is 1. The number of rotatable bonds is 4. The Morgan fingerprint density at radius 2 is 2.12 bits per heavy atom. The molecule has 4 nitrogen and oxygen atoms in total. The zero-order valence-corrected chi connectivity index (χ0v) is 10.1. The summed E-state index contributed by atoms with van der Waals surface area (Å²) in [7, 11) is 0. The lowest BCUT2D eigenvalue weighted by Crippen LogP contribution is -2.50. The number of pyridine rings is 1. The monoisotopic (exact) mass is 221 g/mol. The van der Waals surface area contributed by atoms with Crippen LogP contribution in [-0.2, 0) is 4.79 Å². The normalized spacial score (nSPS) is 11.2. The van der Waals surface area contributed by atoms with Crippen molar-refractivity contribution in [1.82, 2.24) is 4.98 Å². The van der Waals surface area contributed by atoms with Crippen LogP contribution in [0.15, 0.2) is 18.3 Å². The SMILES string of the molecule is CCC(N)(CC)C(=O)Nc1cc(C)ccn1. The minimum absolute atomic E-state index is 0.171. The number of carbonyl (C=O) groups excluding carboxylic acids is 1. The smallest absolute Gasteiger partial charge is 0.245 e. The summed E-state index contributed by atoms with van der Waals surface area (Å²) in [4.78, 5) is 16.0. The molecule has 1 rings (SSSR count). The van der Waals surface area contributed by atoms with Crippen LogP contribution in [0, 0.1) is 6.92 Å². The van der Waals surface area contributed by atoms with Gasteiger partial charge in [-0.05, 0) is 37.5 Å². The van der Waals surface area contributed by atoms with Gasteiger partial charge in [-0.2, -0.15) is 0 Å². The Balaban J connectivity index is 2.78. The van der Waals surface area contributed by atoms with E-state index in [4.69, 9.17) is 5.73 Å². The molecule has 1 aromatic heterocycles. The van der Waals surface area contributed by atoms with Crippen molar-refractivity contribution in [2.24, 2.45) is 5.73 Å². The van der Waals surface area contributed by atoms with Crippen LogP contribution in [0.5, 0.6) is 0 Å². The fraction of sp³-hybridized carbons (Fsp3) is 0.500. The molecule has 0 atom stereocenters. The predicted molar refractivity (Wildman–Crippen MR) is 65.1 cm³/mol. The summed E-state index contributed by atoms with van der Waals surface area (Å²) in [6.45, 7) is 5.77. The molecular weight excluding hydrogens is 202 g/mol. The van der Waals surface area contributed by atoms with Gasteiger partial charge in [0.1, 0.15) is 5.82 Å². The van der Waals surface area contributed by atoms with Gasteiger partial charge in [-0.25, -0.2) is 4.98 Å². The van der Waals surface area contributed by atoms with Gasteiger partial charge in [0.05, 0.1) is 5.54 Å². The van der Waals surface area contributed by atoms with Crippen molar-refractivity contribution in [1.29, 1.82) is 0 Å². The second-order valence-electron chi connectivity index (χ2n) is 4.04. The van der Waals surface area contributed by atoms with E-state index in [1.807, 2.05) is 32.9 Å². The molecule has 1 aromatic rings. The van der Waals surface area contributed by atoms with Crippen molar-refractivity contribution < 1.29 is 4.79 Å². The quantitative estimate of drug-likeness (QED) is 0.815. The van der Waals surface area contributed by atoms with Gasteiger partial charge in [0, 0.05) is 6.20 Å². The average Bonchev–Trinajstić information content (AvgIpc) is 2.28. The molecular formula is C12H19N3O. The lowest BCUT2D eigenvalue weighted by molar-refractivity contribution is -0.121. The summed E-state index contributed by atoms with van der Waals surface area (Å²) in [5, 5.41) is 2.75. The molecule has 88 valence electrons. The summed E-state index contributed by atoms with van der Waals surface area (Å²) in [6, 6.07) is 3.70.